The van der Waals surface area contributed by atoms with Gasteiger partial charge in [0.2, 0.25) is 11.7 Å². The SMILES string of the molecule is CC(C)(C)C(=O)Nc1ccc(-c2ccc(O)c3c2C[C@H]2C[C@H]4CC(O)=C(C(N)=O)C(=O)[C@@]4(O)C(O)=C2C3=O)cc1. The third-order valence-electron chi connectivity index (χ3n) is 8.08. The smallest absolute Gasteiger partial charge is 0.255 e. The third kappa shape index (κ3) is 3.98. The summed E-state index contributed by atoms with van der Waals surface area (Å²) in [5.74, 6) is -6.80. The van der Waals surface area contributed by atoms with Crippen molar-refractivity contribution < 1.29 is 39.6 Å². The molecule has 7 N–H and O–H groups in total. The van der Waals surface area contributed by atoms with Crippen LogP contribution in [-0.2, 0) is 20.8 Å². The van der Waals surface area contributed by atoms with Gasteiger partial charge in [0, 0.05) is 29.0 Å². The van der Waals surface area contributed by atoms with Gasteiger partial charge in [-0.3, -0.25) is 19.2 Å². The van der Waals surface area contributed by atoms with E-state index in [-0.39, 0.29) is 42.1 Å². The quantitative estimate of drug-likeness (QED) is 0.317. The van der Waals surface area contributed by atoms with Crippen LogP contribution in [0, 0.1) is 17.3 Å². The molecule has 0 heterocycles. The number of hydrogen-bond acceptors (Lipinski definition) is 8. The molecule has 0 spiro atoms. The van der Waals surface area contributed by atoms with Crippen LogP contribution in [0.4, 0.5) is 5.69 Å². The number of carbonyl (C=O) groups is 4. The second-order valence-electron chi connectivity index (χ2n) is 11.7. The molecule has 3 aliphatic carbocycles. The Hall–Kier alpha value is -4.44. The molecule has 0 fully saturated rings. The second kappa shape index (κ2) is 9.06. The number of primary amides is 1. The molecule has 0 radical (unpaired) electrons. The Morgan fingerprint density at radius 2 is 1.65 bits per heavy atom. The number of carbonyl (C=O) groups excluding carboxylic acids is 4. The van der Waals surface area contributed by atoms with Gasteiger partial charge in [0.1, 0.15) is 22.8 Å². The number of ketones is 2. The predicted molar refractivity (Wildman–Crippen MR) is 144 cm³/mol. The number of allylic oxidation sites excluding steroid dienone is 2. The summed E-state index contributed by atoms with van der Waals surface area (Å²) in [7, 11) is 0. The van der Waals surface area contributed by atoms with Crippen LogP contribution in [0.25, 0.3) is 11.1 Å². The normalized spacial score (nSPS) is 24.3. The topological polar surface area (TPSA) is 187 Å². The lowest BCUT2D eigenvalue weighted by molar-refractivity contribution is -0.144. The minimum Gasteiger partial charge on any atom is -0.511 e. The average Bonchev–Trinajstić information content (AvgIpc) is 2.86. The van der Waals surface area contributed by atoms with E-state index in [1.165, 1.54) is 6.07 Å². The molecule has 10 nitrogen and oxygen atoms in total. The van der Waals surface area contributed by atoms with E-state index in [4.69, 9.17) is 5.73 Å². The molecule has 10 heteroatoms. The Labute approximate surface area is 229 Å². The number of aromatic hydroxyl groups is 1. The van der Waals surface area contributed by atoms with Gasteiger partial charge in [0.05, 0.1) is 5.56 Å². The summed E-state index contributed by atoms with van der Waals surface area (Å²) in [6, 6.07) is 10.1. The summed E-state index contributed by atoms with van der Waals surface area (Å²) in [5.41, 5.74) is 3.50. The summed E-state index contributed by atoms with van der Waals surface area (Å²) in [5, 5.41) is 46.4. The first kappa shape index (κ1) is 27.1. The summed E-state index contributed by atoms with van der Waals surface area (Å²) in [4.78, 5) is 51.0. The van der Waals surface area contributed by atoms with Crippen LogP contribution in [0.2, 0.25) is 0 Å². The van der Waals surface area contributed by atoms with E-state index in [1.807, 2.05) is 0 Å². The molecular formula is C30H30N2O8. The lowest BCUT2D eigenvalue weighted by Crippen LogP contribution is -2.57. The van der Waals surface area contributed by atoms with Crippen molar-refractivity contribution in [2.24, 2.45) is 23.0 Å². The molecule has 208 valence electrons. The van der Waals surface area contributed by atoms with Crippen LogP contribution >= 0.6 is 0 Å². The summed E-state index contributed by atoms with van der Waals surface area (Å²) in [6.07, 6.45) is -0.0412. The van der Waals surface area contributed by atoms with Gasteiger partial charge in [-0.1, -0.05) is 39.0 Å². The molecule has 40 heavy (non-hydrogen) atoms. The van der Waals surface area contributed by atoms with E-state index in [2.05, 4.69) is 5.32 Å². The number of fused-ring (bicyclic) bond motifs is 3. The average molecular weight is 547 g/mol. The number of amides is 2. The van der Waals surface area contributed by atoms with Crippen molar-refractivity contribution in [2.45, 2.75) is 45.6 Å². The van der Waals surface area contributed by atoms with Crippen LogP contribution in [0.1, 0.15) is 49.5 Å². The Kier molecular flexibility index (Phi) is 6.14. The highest BCUT2D eigenvalue weighted by molar-refractivity contribution is 6.24. The highest BCUT2D eigenvalue weighted by Gasteiger charge is 2.59. The molecule has 0 aliphatic heterocycles. The van der Waals surface area contributed by atoms with Gasteiger partial charge in [0.15, 0.2) is 11.4 Å². The monoisotopic (exact) mass is 546 g/mol. The number of phenols is 1. The molecule has 3 aliphatic rings. The molecule has 0 saturated carbocycles. The van der Waals surface area contributed by atoms with E-state index in [9.17, 15) is 39.6 Å². The lowest BCUT2D eigenvalue weighted by Gasteiger charge is -2.45. The first-order valence-corrected chi connectivity index (χ1v) is 12.9. The van der Waals surface area contributed by atoms with E-state index in [1.54, 1.807) is 51.1 Å². The van der Waals surface area contributed by atoms with Crippen molar-refractivity contribution in [2.75, 3.05) is 5.32 Å². The lowest BCUT2D eigenvalue weighted by atomic mass is 9.60. The molecule has 0 saturated heterocycles. The molecule has 3 atom stereocenters. The molecule has 0 bridgehead atoms. The summed E-state index contributed by atoms with van der Waals surface area (Å²) >= 11 is 0. The van der Waals surface area contributed by atoms with Gasteiger partial charge in [-0.25, -0.2) is 0 Å². The molecule has 2 aromatic carbocycles. The first-order valence-electron chi connectivity index (χ1n) is 12.9. The Morgan fingerprint density at radius 1 is 1.00 bits per heavy atom. The Bertz CT molecular complexity index is 1560. The van der Waals surface area contributed by atoms with Gasteiger partial charge in [0.25, 0.3) is 5.91 Å². The zero-order valence-electron chi connectivity index (χ0n) is 22.2. The number of anilines is 1. The van der Waals surface area contributed by atoms with E-state index in [0.29, 0.717) is 16.8 Å². The molecule has 2 amide bonds. The largest absolute Gasteiger partial charge is 0.511 e. The van der Waals surface area contributed by atoms with Gasteiger partial charge in [-0.05, 0) is 53.6 Å². The van der Waals surface area contributed by atoms with E-state index < -0.39 is 57.4 Å². The molecular weight excluding hydrogens is 516 g/mol. The number of aliphatic hydroxyl groups excluding tert-OH is 2. The number of hydrogen-bond donors (Lipinski definition) is 6. The highest BCUT2D eigenvalue weighted by atomic mass is 16.3. The standard InChI is InChI=1S/C30H30N2O8/c1-29(2,3)28(39)32-16-6-4-13(5-7-16)17-8-9-19(33)22-18(17)11-14-10-15-12-20(34)23(27(31)38)26(37)30(15,40)25(36)21(14)24(22)35/h4-9,14-15,33-34,36,40H,10-12H2,1-3H3,(H2,31,38)(H,32,39)/t14-,15+,30+/m1/s1. The summed E-state index contributed by atoms with van der Waals surface area (Å²) < 4.78 is 0. The number of aliphatic hydroxyl groups is 3. The molecule has 0 aromatic heterocycles. The van der Waals surface area contributed by atoms with Gasteiger partial charge < -0.3 is 31.5 Å². The molecule has 0 unspecified atom stereocenters. The Balaban J connectivity index is 1.56. The fourth-order valence-electron chi connectivity index (χ4n) is 5.94. The van der Waals surface area contributed by atoms with Gasteiger partial charge in [-0.2, -0.15) is 0 Å². The minimum atomic E-state index is -2.60. The number of Topliss-reactive ketones (excluding diaryl/α,β-unsaturated/α-hetero) is 2. The molecule has 5 rings (SSSR count). The van der Waals surface area contributed by atoms with Crippen molar-refractivity contribution in [1.29, 1.82) is 0 Å². The third-order valence-corrected chi connectivity index (χ3v) is 8.08. The van der Waals surface area contributed by atoms with E-state index in [0.717, 1.165) is 5.56 Å². The van der Waals surface area contributed by atoms with Crippen LogP contribution in [-0.4, -0.2) is 49.4 Å². The van der Waals surface area contributed by atoms with Crippen molar-refractivity contribution in [1.82, 2.24) is 0 Å². The highest BCUT2D eigenvalue weighted by Crippen LogP contribution is 2.52. The number of rotatable bonds is 3. The van der Waals surface area contributed by atoms with Crippen molar-refractivity contribution >= 4 is 29.1 Å². The zero-order chi connectivity index (χ0) is 29.3. The van der Waals surface area contributed by atoms with Gasteiger partial charge >= 0.3 is 0 Å². The second-order valence-corrected chi connectivity index (χ2v) is 11.7. The Morgan fingerprint density at radius 3 is 2.25 bits per heavy atom. The maximum absolute atomic E-state index is 13.7. The number of benzene rings is 2. The van der Waals surface area contributed by atoms with Gasteiger partial charge in [-0.15, -0.1) is 0 Å². The fourth-order valence-corrected chi connectivity index (χ4v) is 5.94. The zero-order valence-corrected chi connectivity index (χ0v) is 22.2. The van der Waals surface area contributed by atoms with Crippen LogP contribution in [0.15, 0.2) is 59.1 Å². The number of nitrogens with one attached hydrogen (secondary N) is 1. The molecule has 2 aromatic rings. The number of nitrogens with two attached hydrogens (primary N) is 1. The first-order chi connectivity index (χ1) is 18.7. The predicted octanol–water partition coefficient (Wildman–Crippen LogP) is 3.23. The minimum absolute atomic E-state index is 0.0514. The van der Waals surface area contributed by atoms with Crippen LogP contribution in [0.3, 0.4) is 0 Å². The maximum atomic E-state index is 13.7. The fraction of sp³-hybridized carbons (Fsp3) is 0.333. The summed E-state index contributed by atoms with van der Waals surface area (Å²) in [6.45, 7) is 5.42. The number of phenolic OH excluding ortho intramolecular Hbond substituents is 1. The van der Waals surface area contributed by atoms with E-state index >= 15 is 0 Å². The van der Waals surface area contributed by atoms with Crippen LogP contribution in [0.5, 0.6) is 5.75 Å². The maximum Gasteiger partial charge on any atom is 0.255 e. The van der Waals surface area contributed by atoms with Crippen molar-refractivity contribution in [3.8, 4) is 16.9 Å². The van der Waals surface area contributed by atoms with Crippen LogP contribution < -0.4 is 11.1 Å². The van der Waals surface area contributed by atoms with Crippen molar-refractivity contribution in [3.05, 3.63) is 70.2 Å². The van der Waals surface area contributed by atoms with Crippen molar-refractivity contribution in [3.63, 3.8) is 0 Å².